The van der Waals surface area contributed by atoms with Crippen molar-refractivity contribution in [1.82, 2.24) is 10.0 Å². The number of rotatable bonds is 15. The molecule has 5 aromatic rings. The van der Waals surface area contributed by atoms with E-state index in [9.17, 15) is 32.9 Å². The molecule has 5 N–H and O–H groups in total. The van der Waals surface area contributed by atoms with Crippen LogP contribution in [-0.4, -0.2) is 62.3 Å². The van der Waals surface area contributed by atoms with E-state index in [1.807, 2.05) is 69.3 Å². The van der Waals surface area contributed by atoms with Gasteiger partial charge in [-0.3, -0.25) is 19.9 Å². The summed E-state index contributed by atoms with van der Waals surface area (Å²) in [7, 11) is -4.15. The second kappa shape index (κ2) is 19.3. The van der Waals surface area contributed by atoms with Gasteiger partial charge < -0.3 is 35.3 Å². The summed E-state index contributed by atoms with van der Waals surface area (Å²) in [6.45, 7) is 9.06. The van der Waals surface area contributed by atoms with Gasteiger partial charge in [0.1, 0.15) is 36.4 Å². The molecule has 66 heavy (non-hydrogen) atoms. The molecule has 1 aliphatic carbocycles. The number of sulfonamides is 1. The van der Waals surface area contributed by atoms with Crippen molar-refractivity contribution in [3.05, 3.63) is 146 Å². The molecule has 1 aliphatic heterocycles. The number of nitro groups is 1. The van der Waals surface area contributed by atoms with Crippen LogP contribution in [0.1, 0.15) is 71.6 Å². The van der Waals surface area contributed by atoms with Gasteiger partial charge in [-0.2, -0.15) is 0 Å². The van der Waals surface area contributed by atoms with Gasteiger partial charge in [0.15, 0.2) is 0 Å². The molecule has 1 heterocycles. The minimum atomic E-state index is -4.15. The number of anilines is 1. The predicted molar refractivity (Wildman–Crippen MR) is 246 cm³/mol. The number of alkyl carbamates (subject to hydrolysis) is 1. The van der Waals surface area contributed by atoms with E-state index in [4.69, 9.17) is 24.7 Å². The SMILES string of the molecule is Cc1c(C)c(S(=O)(=O)NC(N)=NCCC[C@H](NC(=O)OCC2c3ccccc3-c3ccccc32)C(=O)Nc2ccc(COC(=O)Oc3ccc([N+](=O)[O-])cc3)cc2)c(C)c2c1OC(C)(C)C2. The number of hydrogen-bond donors (Lipinski definition) is 4. The largest absolute Gasteiger partial charge is 0.514 e. The molecule has 18 heteroatoms. The Morgan fingerprint density at radius 3 is 2.17 bits per heavy atom. The van der Waals surface area contributed by atoms with Gasteiger partial charge in [0.2, 0.25) is 11.9 Å². The third-order valence-corrected chi connectivity index (χ3v) is 13.1. The summed E-state index contributed by atoms with van der Waals surface area (Å²) in [5, 5.41) is 16.4. The maximum atomic E-state index is 13.8. The fraction of sp³-hybridized carbons (Fsp3) is 0.292. The first-order valence-electron chi connectivity index (χ1n) is 21.2. The second-order valence-corrected chi connectivity index (χ2v) is 18.3. The average molecular weight is 919 g/mol. The first kappa shape index (κ1) is 46.5. The topological polar surface area (TPSA) is 240 Å². The Bertz CT molecular complexity index is 2780. The number of non-ortho nitro benzene ring substituents is 1. The monoisotopic (exact) mass is 918 g/mol. The molecule has 0 saturated heterocycles. The van der Waals surface area contributed by atoms with E-state index < -0.39 is 44.7 Å². The molecule has 0 unspecified atom stereocenters. The van der Waals surface area contributed by atoms with Gasteiger partial charge in [-0.15, -0.1) is 0 Å². The highest BCUT2D eigenvalue weighted by Crippen LogP contribution is 2.45. The third kappa shape index (κ3) is 10.6. The Morgan fingerprint density at radius 2 is 1.53 bits per heavy atom. The van der Waals surface area contributed by atoms with E-state index in [0.29, 0.717) is 34.5 Å². The lowest BCUT2D eigenvalue weighted by Gasteiger charge is -2.20. The Morgan fingerprint density at radius 1 is 0.894 bits per heavy atom. The smallest absolute Gasteiger partial charge is 0.487 e. The average Bonchev–Trinajstić information content (AvgIpc) is 3.79. The summed E-state index contributed by atoms with van der Waals surface area (Å²) in [4.78, 5) is 54.1. The third-order valence-electron chi connectivity index (χ3n) is 11.5. The lowest BCUT2D eigenvalue weighted by Crippen LogP contribution is -2.44. The van der Waals surface area contributed by atoms with Crippen molar-refractivity contribution >= 4 is 45.5 Å². The molecule has 0 radical (unpaired) electrons. The van der Waals surface area contributed by atoms with Crippen molar-refractivity contribution in [3.63, 3.8) is 0 Å². The molecule has 17 nitrogen and oxygen atoms in total. The standard InChI is InChI=1S/C48H50N6O11S/c1-28-29(2)43(30(3)39-25-48(4,5)65-42(28)39)66(60,61)53-45(49)50-24-10-15-41(52-46(56)62-27-40-37-13-8-6-11-35(37)36-12-7-9-14-38(36)40)44(55)51-32-18-16-31(17-19-32)26-63-47(57)64-34-22-20-33(21-23-34)54(58)59/h6-9,11-14,16-23,40-41H,10,15,24-27H2,1-5H3,(H,51,55)(H,52,56)(H3,49,50,53)/t41-/m0/s1. The van der Waals surface area contributed by atoms with Crippen molar-refractivity contribution < 1.29 is 46.7 Å². The molecular weight excluding hydrogens is 869 g/mol. The molecule has 2 aliphatic rings. The zero-order chi connectivity index (χ0) is 47.3. The molecule has 5 aromatic carbocycles. The van der Waals surface area contributed by atoms with Gasteiger partial charge in [0.25, 0.3) is 15.7 Å². The van der Waals surface area contributed by atoms with E-state index in [1.165, 1.54) is 24.3 Å². The van der Waals surface area contributed by atoms with E-state index in [1.54, 1.807) is 38.1 Å². The zero-order valence-electron chi connectivity index (χ0n) is 37.0. The van der Waals surface area contributed by atoms with E-state index in [2.05, 4.69) is 20.3 Å². The normalized spacial score (nSPS) is 14.2. The number of aliphatic imine (C=N–C) groups is 1. The minimum absolute atomic E-state index is 0.00897. The van der Waals surface area contributed by atoms with Crippen LogP contribution in [-0.2, 0) is 37.3 Å². The number of amides is 2. The molecule has 0 aromatic heterocycles. The molecule has 344 valence electrons. The van der Waals surface area contributed by atoms with Crippen LogP contribution in [0, 0.1) is 30.9 Å². The van der Waals surface area contributed by atoms with Crippen molar-refractivity contribution in [1.29, 1.82) is 0 Å². The quantitative estimate of drug-likeness (QED) is 0.0149. The van der Waals surface area contributed by atoms with Crippen molar-refractivity contribution in [2.24, 2.45) is 10.7 Å². The number of carbonyl (C=O) groups is 3. The van der Waals surface area contributed by atoms with Crippen LogP contribution < -0.4 is 30.6 Å². The summed E-state index contributed by atoms with van der Waals surface area (Å²) in [5.41, 5.74) is 13.3. The molecule has 1 atom stereocenters. The lowest BCUT2D eigenvalue weighted by atomic mass is 9.94. The molecule has 0 spiro atoms. The van der Waals surface area contributed by atoms with Crippen LogP contribution in [0.4, 0.5) is 21.0 Å². The number of nitro benzene ring substituents is 1. The minimum Gasteiger partial charge on any atom is -0.487 e. The Balaban J connectivity index is 0.987. The van der Waals surface area contributed by atoms with Gasteiger partial charge >= 0.3 is 12.2 Å². The van der Waals surface area contributed by atoms with Gasteiger partial charge in [-0.1, -0.05) is 60.7 Å². The van der Waals surface area contributed by atoms with Gasteiger partial charge in [0.05, 0.1) is 9.82 Å². The van der Waals surface area contributed by atoms with Crippen LogP contribution in [0.15, 0.2) is 107 Å². The molecule has 0 saturated carbocycles. The van der Waals surface area contributed by atoms with E-state index in [-0.39, 0.29) is 60.8 Å². The molecule has 0 fully saturated rings. The van der Waals surface area contributed by atoms with Gasteiger partial charge in [-0.05, 0) is 116 Å². The van der Waals surface area contributed by atoms with Crippen LogP contribution in [0.5, 0.6) is 11.5 Å². The summed E-state index contributed by atoms with van der Waals surface area (Å²) in [6, 6.07) is 26.0. The fourth-order valence-electron chi connectivity index (χ4n) is 8.23. The lowest BCUT2D eigenvalue weighted by molar-refractivity contribution is -0.384. The van der Waals surface area contributed by atoms with Crippen molar-refractivity contribution in [2.45, 2.75) is 82.9 Å². The highest BCUT2D eigenvalue weighted by molar-refractivity contribution is 7.90. The number of benzene rings is 5. The Labute approximate surface area is 381 Å². The first-order chi connectivity index (χ1) is 31.4. The molecule has 7 rings (SSSR count). The number of guanidine groups is 1. The number of fused-ring (bicyclic) bond motifs is 4. The maximum Gasteiger partial charge on any atom is 0.514 e. The van der Waals surface area contributed by atoms with E-state index in [0.717, 1.165) is 33.4 Å². The molecular formula is C48H50N6O11S. The number of nitrogens with two attached hydrogens (primary N) is 1. The summed E-state index contributed by atoms with van der Waals surface area (Å²) in [6.07, 6.45) is -1.01. The summed E-state index contributed by atoms with van der Waals surface area (Å²) < 4.78 is 52.0. The number of carbonyl (C=O) groups excluding carboxylic acids is 3. The number of hydrogen-bond acceptors (Lipinski definition) is 12. The highest BCUT2D eigenvalue weighted by Gasteiger charge is 2.37. The second-order valence-electron chi connectivity index (χ2n) is 16.7. The van der Waals surface area contributed by atoms with Crippen LogP contribution in [0.25, 0.3) is 11.1 Å². The van der Waals surface area contributed by atoms with Crippen molar-refractivity contribution in [3.8, 4) is 22.6 Å². The highest BCUT2D eigenvalue weighted by atomic mass is 32.2. The first-order valence-corrected chi connectivity index (χ1v) is 22.6. The number of nitrogens with one attached hydrogen (secondary N) is 3. The summed E-state index contributed by atoms with van der Waals surface area (Å²) in [5.74, 6) is -0.349. The predicted octanol–water partition coefficient (Wildman–Crippen LogP) is 7.87. The van der Waals surface area contributed by atoms with E-state index >= 15 is 0 Å². The van der Waals surface area contributed by atoms with Crippen LogP contribution >= 0.6 is 0 Å². The molecule has 0 bridgehead atoms. The Hall–Kier alpha value is -7.47. The van der Waals surface area contributed by atoms with Gasteiger partial charge in [-0.25, -0.2) is 22.7 Å². The summed E-state index contributed by atoms with van der Waals surface area (Å²) >= 11 is 0. The van der Waals surface area contributed by atoms with Crippen LogP contribution in [0.2, 0.25) is 0 Å². The molecule has 2 amide bonds. The zero-order valence-corrected chi connectivity index (χ0v) is 37.8. The Kier molecular flexibility index (Phi) is 13.6. The van der Waals surface area contributed by atoms with Gasteiger partial charge in [0, 0.05) is 42.3 Å². The maximum absolute atomic E-state index is 13.8. The number of nitrogens with zero attached hydrogens (tertiary/aromatic N) is 2. The van der Waals surface area contributed by atoms with Crippen LogP contribution in [0.3, 0.4) is 0 Å². The van der Waals surface area contributed by atoms with Crippen molar-refractivity contribution in [2.75, 3.05) is 18.5 Å². The fourth-order valence-corrected chi connectivity index (χ4v) is 9.76. The number of ether oxygens (including phenoxy) is 4.